The van der Waals surface area contributed by atoms with E-state index in [0.717, 1.165) is 11.6 Å². The zero-order valence-electron chi connectivity index (χ0n) is 14.9. The first-order valence-corrected chi connectivity index (χ1v) is 9.46. The van der Waals surface area contributed by atoms with Crippen LogP contribution < -0.4 is 4.31 Å². The van der Waals surface area contributed by atoms with Crippen molar-refractivity contribution in [2.45, 2.75) is 31.7 Å². The summed E-state index contributed by atoms with van der Waals surface area (Å²) in [4.78, 5) is 11.9. The average Bonchev–Trinajstić information content (AvgIpc) is 2.62. The van der Waals surface area contributed by atoms with Crippen molar-refractivity contribution in [2.75, 3.05) is 10.9 Å². The maximum absolute atomic E-state index is 14.4. The minimum Gasteiger partial charge on any atom is -0.464 e. The number of carbonyl (C=O) groups is 1. The highest BCUT2D eigenvalue weighted by Crippen LogP contribution is 2.31. The minimum atomic E-state index is -4.48. The molecule has 2 aromatic rings. The Morgan fingerprint density at radius 3 is 2.22 bits per heavy atom. The Kier molecular flexibility index (Phi) is 6.15. The van der Waals surface area contributed by atoms with E-state index in [-0.39, 0.29) is 11.5 Å². The van der Waals surface area contributed by atoms with Gasteiger partial charge in [0.25, 0.3) is 10.0 Å². The van der Waals surface area contributed by atoms with Gasteiger partial charge in [-0.2, -0.15) is 0 Å². The normalized spacial score (nSPS) is 12.5. The van der Waals surface area contributed by atoms with Crippen molar-refractivity contribution in [1.29, 1.82) is 0 Å². The van der Waals surface area contributed by atoms with Gasteiger partial charge in [-0.15, -0.1) is 0 Å². The second-order valence-electron chi connectivity index (χ2n) is 5.74. The SMILES string of the molecule is CCOC(=O)[C@H](C)N(c1ccc(F)c(F)c1F)S(=O)(=O)c1ccc(C)cc1. The summed E-state index contributed by atoms with van der Waals surface area (Å²) in [7, 11) is -4.48. The summed E-state index contributed by atoms with van der Waals surface area (Å²) in [5, 5.41) is 0. The number of rotatable bonds is 6. The first-order valence-electron chi connectivity index (χ1n) is 8.02. The Morgan fingerprint density at radius 1 is 1.07 bits per heavy atom. The third-order valence-corrected chi connectivity index (χ3v) is 5.71. The summed E-state index contributed by atoms with van der Waals surface area (Å²) in [5.74, 6) is -6.00. The van der Waals surface area contributed by atoms with Crippen LogP contribution in [0.1, 0.15) is 19.4 Å². The minimum absolute atomic E-state index is 0.0398. The predicted octanol–water partition coefficient (Wildman–Crippen LogP) is 3.56. The highest BCUT2D eigenvalue weighted by Gasteiger charge is 2.37. The summed E-state index contributed by atoms with van der Waals surface area (Å²) in [5.41, 5.74) is -0.0204. The number of aryl methyl sites for hydroxylation is 1. The summed E-state index contributed by atoms with van der Waals surface area (Å²) in [6.07, 6.45) is 0. The Hall–Kier alpha value is -2.55. The topological polar surface area (TPSA) is 63.7 Å². The molecule has 5 nitrogen and oxygen atoms in total. The fraction of sp³-hybridized carbons (Fsp3) is 0.278. The molecule has 0 spiro atoms. The van der Waals surface area contributed by atoms with Gasteiger partial charge in [-0.3, -0.25) is 0 Å². The van der Waals surface area contributed by atoms with Crippen molar-refractivity contribution in [3.8, 4) is 0 Å². The fourth-order valence-corrected chi connectivity index (χ4v) is 4.02. The van der Waals surface area contributed by atoms with E-state index in [9.17, 15) is 26.4 Å². The second-order valence-corrected chi connectivity index (χ2v) is 7.55. The van der Waals surface area contributed by atoms with Crippen LogP contribution in [0.5, 0.6) is 0 Å². The number of halogens is 3. The van der Waals surface area contributed by atoms with Crippen LogP contribution in [0.2, 0.25) is 0 Å². The van der Waals surface area contributed by atoms with Gasteiger partial charge in [0.05, 0.1) is 17.2 Å². The summed E-state index contributed by atoms with van der Waals surface area (Å²) in [6, 6.07) is 5.40. The molecule has 0 N–H and O–H groups in total. The van der Waals surface area contributed by atoms with E-state index >= 15 is 0 Å². The molecule has 1 atom stereocenters. The van der Waals surface area contributed by atoms with Gasteiger partial charge < -0.3 is 4.74 Å². The van der Waals surface area contributed by atoms with E-state index < -0.39 is 45.2 Å². The van der Waals surface area contributed by atoms with Crippen molar-refractivity contribution in [2.24, 2.45) is 0 Å². The number of carbonyl (C=O) groups excluding carboxylic acids is 1. The van der Waals surface area contributed by atoms with E-state index in [2.05, 4.69) is 0 Å². The fourth-order valence-electron chi connectivity index (χ4n) is 2.41. The Balaban J connectivity index is 2.69. The lowest BCUT2D eigenvalue weighted by Gasteiger charge is -2.29. The number of benzene rings is 2. The molecule has 0 aliphatic rings. The lowest BCUT2D eigenvalue weighted by Crippen LogP contribution is -2.45. The number of nitrogens with zero attached hydrogens (tertiary/aromatic N) is 1. The smallest absolute Gasteiger partial charge is 0.329 e. The van der Waals surface area contributed by atoms with Gasteiger partial charge in [0.2, 0.25) is 0 Å². The summed E-state index contributed by atoms with van der Waals surface area (Å²) < 4.78 is 72.7. The van der Waals surface area contributed by atoms with E-state index in [1.807, 2.05) is 0 Å². The molecule has 146 valence electrons. The van der Waals surface area contributed by atoms with Crippen molar-refractivity contribution in [3.05, 3.63) is 59.4 Å². The van der Waals surface area contributed by atoms with E-state index in [1.54, 1.807) is 6.92 Å². The van der Waals surface area contributed by atoms with E-state index in [4.69, 9.17) is 4.74 Å². The highest BCUT2D eigenvalue weighted by atomic mass is 32.2. The average molecular weight is 401 g/mol. The standard InChI is InChI=1S/C18H18F3NO4S/c1-4-26-18(23)12(3)22(15-10-9-14(19)16(20)17(15)21)27(24,25)13-7-5-11(2)6-8-13/h5-10,12H,4H2,1-3H3/t12-/m0/s1. The molecule has 0 unspecified atom stereocenters. The van der Waals surface area contributed by atoms with Gasteiger partial charge in [0.1, 0.15) is 6.04 Å². The van der Waals surface area contributed by atoms with Crippen LogP contribution in [0, 0.1) is 24.4 Å². The first kappa shape index (κ1) is 20.8. The molecule has 0 saturated heterocycles. The maximum Gasteiger partial charge on any atom is 0.329 e. The molecule has 2 aromatic carbocycles. The number of ether oxygens (including phenoxy) is 1. The van der Waals surface area contributed by atoms with Crippen LogP contribution >= 0.6 is 0 Å². The van der Waals surface area contributed by atoms with Crippen molar-refractivity contribution in [1.82, 2.24) is 0 Å². The van der Waals surface area contributed by atoms with Gasteiger partial charge in [-0.1, -0.05) is 17.7 Å². The second kappa shape index (κ2) is 7.99. The molecule has 0 fully saturated rings. The van der Waals surface area contributed by atoms with Gasteiger partial charge in [0.15, 0.2) is 17.5 Å². The van der Waals surface area contributed by atoms with Crippen molar-refractivity contribution >= 4 is 21.7 Å². The number of hydrogen-bond donors (Lipinski definition) is 0. The molecule has 9 heteroatoms. The van der Waals surface area contributed by atoms with Crippen molar-refractivity contribution in [3.63, 3.8) is 0 Å². The molecular formula is C18H18F3NO4S. The van der Waals surface area contributed by atoms with Crippen LogP contribution in [0.15, 0.2) is 41.3 Å². The van der Waals surface area contributed by atoms with E-state index in [0.29, 0.717) is 10.4 Å². The molecule has 0 aliphatic heterocycles. The lowest BCUT2D eigenvalue weighted by atomic mass is 10.2. The zero-order valence-corrected chi connectivity index (χ0v) is 15.7. The van der Waals surface area contributed by atoms with Gasteiger partial charge in [-0.05, 0) is 45.0 Å². The number of anilines is 1. The van der Waals surface area contributed by atoms with Crippen LogP contribution in [0.25, 0.3) is 0 Å². The zero-order chi connectivity index (χ0) is 20.4. The number of sulfonamides is 1. The molecule has 27 heavy (non-hydrogen) atoms. The summed E-state index contributed by atoms with van der Waals surface area (Å²) >= 11 is 0. The molecule has 2 rings (SSSR count). The Morgan fingerprint density at radius 2 is 1.67 bits per heavy atom. The van der Waals surface area contributed by atoms with Crippen LogP contribution in [0.4, 0.5) is 18.9 Å². The third-order valence-electron chi connectivity index (χ3n) is 3.81. The van der Waals surface area contributed by atoms with Crippen molar-refractivity contribution < 1.29 is 31.1 Å². The molecule has 0 amide bonds. The highest BCUT2D eigenvalue weighted by molar-refractivity contribution is 7.92. The molecule has 0 aromatic heterocycles. The van der Waals surface area contributed by atoms with Gasteiger partial charge >= 0.3 is 5.97 Å². The number of hydrogen-bond acceptors (Lipinski definition) is 4. The van der Waals surface area contributed by atoms with Crippen LogP contribution in [0.3, 0.4) is 0 Å². The van der Waals surface area contributed by atoms with Gasteiger partial charge in [-0.25, -0.2) is 30.7 Å². The molecule has 0 saturated carbocycles. The molecule has 0 aliphatic carbocycles. The first-order chi connectivity index (χ1) is 12.6. The maximum atomic E-state index is 14.4. The van der Waals surface area contributed by atoms with Gasteiger partial charge in [0, 0.05) is 0 Å². The quantitative estimate of drug-likeness (QED) is 0.549. The Labute approximate surface area is 155 Å². The summed E-state index contributed by atoms with van der Waals surface area (Å²) in [6.45, 7) is 4.39. The molecule has 0 heterocycles. The molecular weight excluding hydrogens is 383 g/mol. The van der Waals surface area contributed by atoms with Crippen LogP contribution in [-0.4, -0.2) is 27.0 Å². The molecule has 0 radical (unpaired) electrons. The monoisotopic (exact) mass is 401 g/mol. The third kappa shape index (κ3) is 4.08. The Bertz CT molecular complexity index is 946. The largest absolute Gasteiger partial charge is 0.464 e. The number of esters is 1. The lowest BCUT2D eigenvalue weighted by molar-refractivity contribution is -0.144. The predicted molar refractivity (Wildman–Crippen MR) is 93.3 cm³/mol. The van der Waals surface area contributed by atoms with Crippen LogP contribution in [-0.2, 0) is 19.6 Å². The van der Waals surface area contributed by atoms with E-state index in [1.165, 1.54) is 38.1 Å². The molecule has 0 bridgehead atoms.